The fraction of sp³-hybridized carbons (Fsp3) is 1.00. The van der Waals surface area contributed by atoms with E-state index in [9.17, 15) is 0 Å². The molecular weight excluding hydrogens is 142 g/mol. The minimum absolute atomic E-state index is 0.368. The van der Waals surface area contributed by atoms with Crippen LogP contribution in [0.3, 0.4) is 0 Å². The molecule has 1 aliphatic rings. The Morgan fingerprint density at radius 1 is 1.45 bits per heavy atom. The zero-order valence-corrected chi connectivity index (χ0v) is 6.99. The molecule has 0 spiro atoms. The molecule has 0 aromatic carbocycles. The van der Waals surface area contributed by atoms with E-state index in [1.165, 1.54) is 4.81 Å². The Morgan fingerprint density at radius 3 is 3.00 bits per heavy atom. The maximum absolute atomic E-state index is 5.40. The summed E-state index contributed by atoms with van der Waals surface area (Å²) >= 11 is 0. The lowest BCUT2D eigenvalue weighted by Crippen LogP contribution is -2.16. The van der Waals surface area contributed by atoms with Gasteiger partial charge in [0.25, 0.3) is 0 Å². The molecule has 11 heavy (non-hydrogen) atoms. The largest absolute Gasteiger partial charge is 0.381 e. The van der Waals surface area contributed by atoms with Crippen molar-refractivity contribution in [2.45, 2.75) is 25.3 Å². The van der Waals surface area contributed by atoms with Crippen LogP contribution in [-0.2, 0) is 4.74 Å². The zero-order chi connectivity index (χ0) is 8.10. The number of hydrogen-bond donors (Lipinski definition) is 1. The van der Waals surface area contributed by atoms with Gasteiger partial charge in [0.05, 0.1) is 0 Å². The molecule has 1 rings (SSSR count). The van der Waals surface area contributed by atoms with Crippen molar-refractivity contribution in [2.75, 3.05) is 20.3 Å². The zero-order valence-electron chi connectivity index (χ0n) is 6.99. The van der Waals surface area contributed by atoms with E-state index in [0.717, 1.165) is 32.5 Å². The number of nitrogens with two attached hydrogens (primary N) is 1. The average Bonchev–Trinajstić information content (AvgIpc) is 2.14. The third-order valence-electron chi connectivity index (χ3n) is 1.77. The second-order valence-corrected chi connectivity index (χ2v) is 2.89. The summed E-state index contributed by atoms with van der Waals surface area (Å²) in [4.78, 5) is 1.40. The van der Waals surface area contributed by atoms with E-state index in [-0.39, 0.29) is 0 Å². The predicted molar refractivity (Wildman–Crippen MR) is 41.3 cm³/mol. The van der Waals surface area contributed by atoms with Crippen molar-refractivity contribution in [1.82, 2.24) is 0 Å². The van der Waals surface area contributed by atoms with Gasteiger partial charge in [-0.3, -0.25) is 0 Å². The maximum Gasteiger partial charge on any atom is 0.190 e. The second kappa shape index (κ2) is 4.28. The van der Waals surface area contributed by atoms with E-state index in [2.05, 4.69) is 5.11 Å². The Balaban J connectivity index is 2.37. The van der Waals surface area contributed by atoms with Crippen molar-refractivity contribution in [2.24, 2.45) is 11.0 Å². The highest BCUT2D eigenvalue weighted by Crippen LogP contribution is 2.10. The normalized spacial score (nSPS) is 28.1. The van der Waals surface area contributed by atoms with Crippen LogP contribution in [0.4, 0.5) is 0 Å². The van der Waals surface area contributed by atoms with Crippen LogP contribution in [0.25, 0.3) is 0 Å². The lowest BCUT2D eigenvalue weighted by Gasteiger charge is -2.00. The number of hydrogen-bond acceptors (Lipinski definition) is 2. The van der Waals surface area contributed by atoms with Crippen molar-refractivity contribution in [3.63, 3.8) is 0 Å². The van der Waals surface area contributed by atoms with Gasteiger partial charge >= 0.3 is 0 Å². The third kappa shape index (κ3) is 3.32. The van der Waals surface area contributed by atoms with Gasteiger partial charge in [-0.2, -0.15) is 5.84 Å². The fourth-order valence-corrected chi connectivity index (χ4v) is 1.26. The smallest absolute Gasteiger partial charge is 0.190 e. The van der Waals surface area contributed by atoms with Gasteiger partial charge in [-0.25, -0.2) is 0 Å². The van der Waals surface area contributed by atoms with Crippen LogP contribution in [0, 0.1) is 0 Å². The molecule has 1 fully saturated rings. The molecule has 1 atom stereocenters. The summed E-state index contributed by atoms with van der Waals surface area (Å²) in [5, 5.41) is 4.23. The summed E-state index contributed by atoms with van der Waals surface area (Å²) in [5.74, 6) is 5.40. The van der Waals surface area contributed by atoms with Crippen molar-refractivity contribution >= 4 is 0 Å². The van der Waals surface area contributed by atoms with Crippen LogP contribution in [0.5, 0.6) is 0 Å². The van der Waals surface area contributed by atoms with Crippen molar-refractivity contribution < 1.29 is 9.54 Å². The molecule has 0 amide bonds. The quantitative estimate of drug-likeness (QED) is 0.262. The van der Waals surface area contributed by atoms with Crippen molar-refractivity contribution in [3.05, 3.63) is 0 Å². The highest BCUT2D eigenvalue weighted by molar-refractivity contribution is 4.65. The first-order chi connectivity index (χ1) is 5.29. The standard InChI is InChI=1S/C7H16N3O/c1-10(8)9-7-3-2-5-11-6-4-7/h7H,2-6H2,1H3,(H2,8,9)/q+1. The number of nitrogens with zero attached hydrogens (tertiary/aromatic N) is 2. The van der Waals surface area contributed by atoms with Crippen LogP contribution in [0.2, 0.25) is 0 Å². The van der Waals surface area contributed by atoms with E-state index in [1.807, 2.05) is 0 Å². The SMILES string of the molecule is C[N+](N)=NC1CCCOCC1. The van der Waals surface area contributed by atoms with Gasteiger partial charge < -0.3 is 4.74 Å². The first-order valence-corrected chi connectivity index (χ1v) is 4.06. The van der Waals surface area contributed by atoms with Gasteiger partial charge in [-0.05, 0) is 29.2 Å². The van der Waals surface area contributed by atoms with Gasteiger partial charge in [0.15, 0.2) is 7.05 Å². The van der Waals surface area contributed by atoms with Gasteiger partial charge in [-0.15, -0.1) is 0 Å². The Bertz CT molecular complexity index is 135. The molecule has 1 saturated heterocycles. The molecule has 2 N–H and O–H groups in total. The van der Waals surface area contributed by atoms with Crippen LogP contribution in [0.1, 0.15) is 19.3 Å². The Kier molecular flexibility index (Phi) is 3.29. The fourth-order valence-electron chi connectivity index (χ4n) is 1.26. The van der Waals surface area contributed by atoms with Gasteiger partial charge in [0.2, 0.25) is 0 Å². The monoisotopic (exact) mass is 158 g/mol. The maximum atomic E-state index is 5.40. The average molecular weight is 158 g/mol. The summed E-state index contributed by atoms with van der Waals surface area (Å²) in [7, 11) is 1.76. The van der Waals surface area contributed by atoms with Crippen LogP contribution >= 0.6 is 0 Å². The van der Waals surface area contributed by atoms with Crippen molar-refractivity contribution in [1.29, 1.82) is 0 Å². The number of rotatable bonds is 1. The Morgan fingerprint density at radius 2 is 2.27 bits per heavy atom. The number of azo groups is 1. The first kappa shape index (κ1) is 8.46. The molecular formula is C7H16N3O+. The molecule has 64 valence electrons. The van der Waals surface area contributed by atoms with Gasteiger partial charge in [-0.1, -0.05) is 0 Å². The predicted octanol–water partition coefficient (Wildman–Crippen LogP) is 0.524. The molecule has 0 aromatic heterocycles. The van der Waals surface area contributed by atoms with Crippen molar-refractivity contribution in [3.8, 4) is 0 Å². The van der Waals surface area contributed by atoms with Crippen LogP contribution in [0.15, 0.2) is 5.11 Å². The molecule has 1 heterocycles. The van der Waals surface area contributed by atoms with E-state index in [0.29, 0.717) is 6.04 Å². The first-order valence-electron chi connectivity index (χ1n) is 4.06. The van der Waals surface area contributed by atoms with E-state index in [4.69, 9.17) is 10.6 Å². The Labute approximate surface area is 67.0 Å². The minimum Gasteiger partial charge on any atom is -0.381 e. The van der Waals surface area contributed by atoms with Crippen LogP contribution in [-0.4, -0.2) is 31.1 Å². The summed E-state index contributed by atoms with van der Waals surface area (Å²) in [5.41, 5.74) is 0. The molecule has 0 aliphatic carbocycles. The van der Waals surface area contributed by atoms with E-state index < -0.39 is 0 Å². The van der Waals surface area contributed by atoms with Gasteiger partial charge in [0, 0.05) is 13.2 Å². The lowest BCUT2D eigenvalue weighted by atomic mass is 10.1. The lowest BCUT2D eigenvalue weighted by molar-refractivity contribution is -0.581. The third-order valence-corrected chi connectivity index (χ3v) is 1.77. The molecule has 1 unspecified atom stereocenters. The summed E-state index contributed by atoms with van der Waals surface area (Å²) in [6, 6.07) is 0.368. The Hall–Kier alpha value is -0.640. The molecule has 1 aliphatic heterocycles. The summed E-state index contributed by atoms with van der Waals surface area (Å²) in [6.07, 6.45) is 3.20. The van der Waals surface area contributed by atoms with E-state index >= 15 is 0 Å². The number of hydrazine groups is 1. The molecule has 0 bridgehead atoms. The van der Waals surface area contributed by atoms with E-state index in [1.54, 1.807) is 7.05 Å². The molecule has 0 aromatic rings. The highest BCUT2D eigenvalue weighted by atomic mass is 16.5. The highest BCUT2D eigenvalue weighted by Gasteiger charge is 2.14. The van der Waals surface area contributed by atoms with Gasteiger partial charge in [0.1, 0.15) is 6.04 Å². The second-order valence-electron chi connectivity index (χ2n) is 2.89. The summed E-state index contributed by atoms with van der Waals surface area (Å²) < 4.78 is 5.29. The number of ether oxygens (including phenoxy) is 1. The molecule has 4 nitrogen and oxygen atoms in total. The molecule has 0 saturated carbocycles. The summed E-state index contributed by atoms with van der Waals surface area (Å²) in [6.45, 7) is 1.70. The molecule has 4 heteroatoms. The minimum atomic E-state index is 0.368. The topological polar surface area (TPSA) is 50.6 Å². The molecule has 0 radical (unpaired) electrons. The van der Waals surface area contributed by atoms with Crippen LogP contribution < -0.4 is 5.84 Å².